The summed E-state index contributed by atoms with van der Waals surface area (Å²) in [6.45, 7) is 9.47. The van der Waals surface area contributed by atoms with Crippen LogP contribution in [0.3, 0.4) is 0 Å². The van der Waals surface area contributed by atoms with E-state index in [0.29, 0.717) is 6.42 Å². The molecule has 0 bridgehead atoms. The minimum atomic E-state index is -0.949. The first-order valence-corrected chi connectivity index (χ1v) is 5.43. The average molecular weight is 234 g/mol. The van der Waals surface area contributed by atoms with Gasteiger partial charge in [0.25, 0.3) is 0 Å². The monoisotopic (exact) mass is 234 g/mol. The summed E-state index contributed by atoms with van der Waals surface area (Å²) in [5, 5.41) is 8.85. The molecule has 0 atom stereocenters. The molecule has 0 unspecified atom stereocenters. The number of ether oxygens (including phenoxy) is 1. The Hall–Kier alpha value is -1.77. The molecule has 0 amide bonds. The smallest absolute Gasteiger partial charge is 0.331 e. The number of aliphatic carboxylic acids is 1. The van der Waals surface area contributed by atoms with Crippen LogP contribution < -0.4 is 4.74 Å². The Labute approximate surface area is 102 Å². The highest BCUT2D eigenvalue weighted by molar-refractivity contribution is 5.86. The lowest BCUT2D eigenvalue weighted by Gasteiger charge is -2.15. The molecule has 0 heterocycles. The molecule has 92 valence electrons. The lowest BCUT2D eigenvalue weighted by atomic mass is 9.94. The minimum Gasteiger partial charge on any atom is -0.496 e. The molecule has 0 spiro atoms. The van der Waals surface area contributed by atoms with Gasteiger partial charge < -0.3 is 9.84 Å². The van der Waals surface area contributed by atoms with Crippen LogP contribution in [0.2, 0.25) is 0 Å². The van der Waals surface area contributed by atoms with Gasteiger partial charge >= 0.3 is 5.97 Å². The fraction of sp³-hybridized carbons (Fsp3) is 0.357. The lowest BCUT2D eigenvalue weighted by Crippen LogP contribution is -2.05. The molecule has 1 rings (SSSR count). The third-order valence-electron chi connectivity index (χ3n) is 3.04. The van der Waals surface area contributed by atoms with Gasteiger partial charge in [0.1, 0.15) is 5.75 Å². The van der Waals surface area contributed by atoms with E-state index < -0.39 is 5.97 Å². The molecule has 0 radical (unpaired) electrons. The van der Waals surface area contributed by atoms with E-state index in [2.05, 4.69) is 6.58 Å². The van der Waals surface area contributed by atoms with E-state index in [0.717, 1.165) is 28.0 Å². The van der Waals surface area contributed by atoms with Crippen LogP contribution in [0.4, 0.5) is 0 Å². The summed E-state index contributed by atoms with van der Waals surface area (Å²) in [5.74, 6) is -0.0808. The van der Waals surface area contributed by atoms with Gasteiger partial charge in [0.05, 0.1) is 7.11 Å². The highest BCUT2D eigenvalue weighted by Gasteiger charge is 2.13. The second-order valence-corrected chi connectivity index (χ2v) is 4.22. The second-order valence-electron chi connectivity index (χ2n) is 4.22. The standard InChI is InChI=1S/C14H18O3/c1-8-6-12(7-9(2)14(15)16)10(3)11(4)13(8)17-5/h6H,2,7H2,1,3-5H3,(H,15,16). The third kappa shape index (κ3) is 2.67. The molecule has 1 aromatic rings. The summed E-state index contributed by atoms with van der Waals surface area (Å²) in [4.78, 5) is 10.8. The number of methoxy groups -OCH3 is 1. The van der Waals surface area contributed by atoms with Crippen LogP contribution in [-0.2, 0) is 11.2 Å². The summed E-state index contributed by atoms with van der Waals surface area (Å²) in [7, 11) is 1.64. The van der Waals surface area contributed by atoms with Crippen molar-refractivity contribution in [1.82, 2.24) is 0 Å². The number of carbonyl (C=O) groups is 1. The molecular formula is C14H18O3. The highest BCUT2D eigenvalue weighted by Crippen LogP contribution is 2.29. The molecule has 3 nitrogen and oxygen atoms in total. The predicted octanol–water partition coefficient (Wildman–Crippen LogP) is 2.80. The van der Waals surface area contributed by atoms with Crippen LogP contribution in [0.15, 0.2) is 18.2 Å². The molecule has 1 N–H and O–H groups in total. The number of carboxylic acids is 1. The first kappa shape index (κ1) is 13.3. The number of rotatable bonds is 4. The third-order valence-corrected chi connectivity index (χ3v) is 3.04. The predicted molar refractivity (Wildman–Crippen MR) is 67.7 cm³/mol. The number of hydrogen-bond acceptors (Lipinski definition) is 2. The maximum atomic E-state index is 10.8. The van der Waals surface area contributed by atoms with Gasteiger partial charge in [-0.3, -0.25) is 0 Å². The van der Waals surface area contributed by atoms with Gasteiger partial charge in [-0.05, 0) is 43.0 Å². The SMILES string of the molecule is C=C(Cc1cc(C)c(OC)c(C)c1C)C(=O)O. The fourth-order valence-electron chi connectivity index (χ4n) is 1.95. The van der Waals surface area contributed by atoms with Gasteiger partial charge in [0, 0.05) is 12.0 Å². The maximum absolute atomic E-state index is 10.8. The summed E-state index contributed by atoms with van der Waals surface area (Å²) in [6.07, 6.45) is 0.368. The second kappa shape index (κ2) is 5.04. The van der Waals surface area contributed by atoms with E-state index in [1.54, 1.807) is 7.11 Å². The van der Waals surface area contributed by atoms with Gasteiger partial charge in [-0.1, -0.05) is 12.6 Å². The molecular weight excluding hydrogens is 216 g/mol. The topological polar surface area (TPSA) is 46.5 Å². The van der Waals surface area contributed by atoms with E-state index >= 15 is 0 Å². The van der Waals surface area contributed by atoms with E-state index in [1.165, 1.54) is 0 Å². The Morgan fingerprint density at radius 3 is 2.41 bits per heavy atom. The minimum absolute atomic E-state index is 0.206. The molecule has 0 aliphatic heterocycles. The molecule has 0 saturated carbocycles. The molecule has 0 fully saturated rings. The number of hydrogen-bond donors (Lipinski definition) is 1. The van der Waals surface area contributed by atoms with Crippen molar-refractivity contribution in [3.63, 3.8) is 0 Å². The Morgan fingerprint density at radius 1 is 1.35 bits per heavy atom. The zero-order valence-corrected chi connectivity index (χ0v) is 10.8. The van der Waals surface area contributed by atoms with Crippen molar-refractivity contribution < 1.29 is 14.6 Å². The van der Waals surface area contributed by atoms with E-state index in [9.17, 15) is 4.79 Å². The molecule has 17 heavy (non-hydrogen) atoms. The first-order chi connectivity index (χ1) is 7.88. The highest BCUT2D eigenvalue weighted by atomic mass is 16.5. The van der Waals surface area contributed by atoms with Crippen molar-refractivity contribution in [2.75, 3.05) is 7.11 Å². The van der Waals surface area contributed by atoms with Crippen LogP contribution in [0.5, 0.6) is 5.75 Å². The molecule has 0 saturated heterocycles. The van der Waals surface area contributed by atoms with Crippen LogP contribution in [0.1, 0.15) is 22.3 Å². The van der Waals surface area contributed by atoms with Gasteiger partial charge in [0.2, 0.25) is 0 Å². The molecule has 0 aromatic heterocycles. The first-order valence-electron chi connectivity index (χ1n) is 5.43. The van der Waals surface area contributed by atoms with E-state index in [1.807, 2.05) is 26.8 Å². The van der Waals surface area contributed by atoms with Gasteiger partial charge in [-0.2, -0.15) is 0 Å². The number of benzene rings is 1. The van der Waals surface area contributed by atoms with Crippen LogP contribution in [0, 0.1) is 20.8 Å². The van der Waals surface area contributed by atoms with E-state index in [-0.39, 0.29) is 5.57 Å². The lowest BCUT2D eigenvalue weighted by molar-refractivity contribution is -0.132. The summed E-state index contributed by atoms with van der Waals surface area (Å²) in [6, 6.07) is 1.97. The summed E-state index contributed by atoms with van der Waals surface area (Å²) < 4.78 is 5.33. The van der Waals surface area contributed by atoms with E-state index in [4.69, 9.17) is 9.84 Å². The number of aryl methyl sites for hydroxylation is 1. The van der Waals surface area contributed by atoms with Crippen LogP contribution >= 0.6 is 0 Å². The Kier molecular flexibility index (Phi) is 3.94. The maximum Gasteiger partial charge on any atom is 0.331 e. The van der Waals surface area contributed by atoms with Crippen LogP contribution in [-0.4, -0.2) is 18.2 Å². The van der Waals surface area contributed by atoms with Crippen molar-refractivity contribution >= 4 is 5.97 Å². The Balaban J connectivity index is 3.19. The normalized spacial score (nSPS) is 10.1. The molecule has 3 heteroatoms. The van der Waals surface area contributed by atoms with Crippen molar-refractivity contribution in [3.05, 3.63) is 40.5 Å². The zero-order chi connectivity index (χ0) is 13.2. The van der Waals surface area contributed by atoms with Gasteiger partial charge in [-0.25, -0.2) is 4.79 Å². The number of carboxylic acid groups (broad SMARTS) is 1. The van der Waals surface area contributed by atoms with Crippen molar-refractivity contribution in [3.8, 4) is 5.75 Å². The summed E-state index contributed by atoms with van der Waals surface area (Å²) in [5.41, 5.74) is 4.34. The van der Waals surface area contributed by atoms with Crippen molar-refractivity contribution in [2.24, 2.45) is 0 Å². The molecule has 0 aliphatic carbocycles. The van der Waals surface area contributed by atoms with Gasteiger partial charge in [-0.15, -0.1) is 0 Å². The Morgan fingerprint density at radius 2 is 1.94 bits per heavy atom. The fourth-order valence-corrected chi connectivity index (χ4v) is 1.95. The molecule has 1 aromatic carbocycles. The quantitative estimate of drug-likeness (QED) is 0.815. The summed E-state index contributed by atoms with van der Waals surface area (Å²) >= 11 is 0. The molecule has 0 aliphatic rings. The van der Waals surface area contributed by atoms with Crippen LogP contribution in [0.25, 0.3) is 0 Å². The zero-order valence-electron chi connectivity index (χ0n) is 10.8. The average Bonchev–Trinajstić information content (AvgIpc) is 2.26. The van der Waals surface area contributed by atoms with Crippen molar-refractivity contribution in [1.29, 1.82) is 0 Å². The Bertz CT molecular complexity index is 473. The van der Waals surface area contributed by atoms with Gasteiger partial charge in [0.15, 0.2) is 0 Å². The van der Waals surface area contributed by atoms with Crippen molar-refractivity contribution in [2.45, 2.75) is 27.2 Å². The largest absolute Gasteiger partial charge is 0.496 e.